The maximum Gasteiger partial charge on any atom is 0.289 e. The minimum Gasteiger partial charge on any atom is -0.448 e. The lowest BCUT2D eigenvalue weighted by atomic mass is 9.99. The summed E-state index contributed by atoms with van der Waals surface area (Å²) in [6.45, 7) is 6.92. The van der Waals surface area contributed by atoms with Crippen LogP contribution in [0.2, 0.25) is 0 Å². The van der Waals surface area contributed by atoms with Crippen LogP contribution < -0.4 is 0 Å². The van der Waals surface area contributed by atoms with Gasteiger partial charge < -0.3 is 14.1 Å². The number of hydrogen-bond acceptors (Lipinski definition) is 4. The standard InChI is InChI=1S/C19H23FN2O3/c1-2-13-11-22(12-16(13)21-6-8-24-9-7-21)19(23)17-10-14-4-3-5-15(20)18(14)25-17/h3-5,10,13,16H,2,6-9,11-12H2,1H3. The first-order valence-electron chi connectivity index (χ1n) is 8.96. The lowest BCUT2D eigenvalue weighted by molar-refractivity contribution is 0.0102. The molecule has 3 heterocycles. The van der Waals surface area contributed by atoms with Crippen molar-refractivity contribution in [2.24, 2.45) is 5.92 Å². The molecule has 1 aromatic carbocycles. The fourth-order valence-corrected chi connectivity index (χ4v) is 4.03. The third-order valence-corrected chi connectivity index (χ3v) is 5.44. The SMILES string of the molecule is CCC1CN(C(=O)c2cc3cccc(F)c3o2)CC1N1CCOCC1. The van der Waals surface area contributed by atoms with Gasteiger partial charge in [-0.2, -0.15) is 0 Å². The van der Waals surface area contributed by atoms with E-state index in [-0.39, 0.29) is 17.3 Å². The summed E-state index contributed by atoms with van der Waals surface area (Å²) in [5.41, 5.74) is 0.154. The van der Waals surface area contributed by atoms with Crippen LogP contribution in [0.4, 0.5) is 4.39 Å². The number of para-hydroxylation sites is 1. The van der Waals surface area contributed by atoms with Crippen LogP contribution in [-0.4, -0.2) is 61.1 Å². The minimum absolute atomic E-state index is 0.148. The first kappa shape index (κ1) is 16.5. The molecule has 5 nitrogen and oxygen atoms in total. The third kappa shape index (κ3) is 3.04. The monoisotopic (exact) mass is 346 g/mol. The second-order valence-corrected chi connectivity index (χ2v) is 6.86. The molecule has 134 valence electrons. The Morgan fingerprint density at radius 1 is 1.28 bits per heavy atom. The molecule has 2 aliphatic rings. The van der Waals surface area contributed by atoms with Gasteiger partial charge in [0.15, 0.2) is 17.2 Å². The summed E-state index contributed by atoms with van der Waals surface area (Å²) < 4.78 is 24.8. The average Bonchev–Trinajstić information content (AvgIpc) is 3.27. The molecule has 0 N–H and O–H groups in total. The predicted molar refractivity (Wildman–Crippen MR) is 92.0 cm³/mol. The number of benzene rings is 1. The Morgan fingerprint density at radius 3 is 2.80 bits per heavy atom. The van der Waals surface area contributed by atoms with E-state index in [9.17, 15) is 9.18 Å². The molecule has 25 heavy (non-hydrogen) atoms. The predicted octanol–water partition coefficient (Wildman–Crippen LogP) is 2.75. The zero-order chi connectivity index (χ0) is 17.4. The number of carbonyl (C=O) groups excluding carboxylic acids is 1. The lowest BCUT2D eigenvalue weighted by Crippen LogP contribution is -2.47. The summed E-state index contributed by atoms with van der Waals surface area (Å²) in [5, 5.41) is 0.624. The number of carbonyl (C=O) groups is 1. The Labute approximate surface area is 146 Å². The van der Waals surface area contributed by atoms with Crippen molar-refractivity contribution < 1.29 is 18.3 Å². The highest BCUT2D eigenvalue weighted by molar-refractivity contribution is 5.96. The fraction of sp³-hybridized carbons (Fsp3) is 0.526. The van der Waals surface area contributed by atoms with E-state index in [1.165, 1.54) is 6.07 Å². The van der Waals surface area contributed by atoms with E-state index in [2.05, 4.69) is 11.8 Å². The molecule has 2 fully saturated rings. The molecule has 0 saturated carbocycles. The molecule has 2 aliphatic heterocycles. The van der Waals surface area contributed by atoms with E-state index in [1.54, 1.807) is 18.2 Å². The Bertz CT molecular complexity index is 769. The summed E-state index contributed by atoms with van der Waals surface area (Å²) in [5.74, 6) is 0.0844. The molecule has 4 rings (SSSR count). The van der Waals surface area contributed by atoms with Gasteiger partial charge in [-0.15, -0.1) is 0 Å². The number of nitrogens with zero attached hydrogens (tertiary/aromatic N) is 2. The highest BCUT2D eigenvalue weighted by atomic mass is 19.1. The van der Waals surface area contributed by atoms with Crippen molar-refractivity contribution >= 4 is 16.9 Å². The number of amides is 1. The Hall–Kier alpha value is -1.92. The smallest absolute Gasteiger partial charge is 0.289 e. The first-order valence-corrected chi connectivity index (χ1v) is 8.96. The van der Waals surface area contributed by atoms with Gasteiger partial charge in [0.05, 0.1) is 13.2 Å². The highest BCUT2D eigenvalue weighted by Gasteiger charge is 2.39. The Balaban J connectivity index is 1.54. The molecule has 0 bridgehead atoms. The van der Waals surface area contributed by atoms with Crippen LogP contribution in [-0.2, 0) is 4.74 Å². The summed E-state index contributed by atoms with van der Waals surface area (Å²) in [4.78, 5) is 17.2. The number of ether oxygens (including phenoxy) is 1. The molecule has 2 unspecified atom stereocenters. The van der Waals surface area contributed by atoms with E-state index in [0.29, 0.717) is 23.9 Å². The van der Waals surface area contributed by atoms with Gasteiger partial charge in [-0.25, -0.2) is 4.39 Å². The number of rotatable bonds is 3. The van der Waals surface area contributed by atoms with E-state index in [4.69, 9.17) is 9.15 Å². The van der Waals surface area contributed by atoms with Crippen LogP contribution >= 0.6 is 0 Å². The van der Waals surface area contributed by atoms with Crippen molar-refractivity contribution in [2.75, 3.05) is 39.4 Å². The molecule has 6 heteroatoms. The highest BCUT2D eigenvalue weighted by Crippen LogP contribution is 2.29. The van der Waals surface area contributed by atoms with Crippen molar-refractivity contribution in [3.8, 4) is 0 Å². The maximum atomic E-state index is 13.8. The molecule has 2 saturated heterocycles. The summed E-state index contributed by atoms with van der Waals surface area (Å²) in [7, 11) is 0. The second kappa shape index (κ2) is 6.77. The van der Waals surface area contributed by atoms with Crippen LogP contribution in [0.25, 0.3) is 11.0 Å². The number of likely N-dealkylation sites (tertiary alicyclic amines) is 1. The van der Waals surface area contributed by atoms with E-state index in [0.717, 1.165) is 39.3 Å². The molecule has 1 aromatic heterocycles. The van der Waals surface area contributed by atoms with Gasteiger partial charge in [0.25, 0.3) is 5.91 Å². The van der Waals surface area contributed by atoms with Crippen LogP contribution in [0.3, 0.4) is 0 Å². The molecular formula is C19H23FN2O3. The van der Waals surface area contributed by atoms with Crippen LogP contribution in [0.1, 0.15) is 23.9 Å². The van der Waals surface area contributed by atoms with Crippen LogP contribution in [0.5, 0.6) is 0 Å². The third-order valence-electron chi connectivity index (χ3n) is 5.44. The summed E-state index contributed by atoms with van der Waals surface area (Å²) in [6, 6.07) is 6.73. The zero-order valence-electron chi connectivity index (χ0n) is 14.4. The van der Waals surface area contributed by atoms with Crippen molar-refractivity contribution in [1.82, 2.24) is 9.80 Å². The Morgan fingerprint density at radius 2 is 2.08 bits per heavy atom. The molecule has 1 amide bonds. The first-order chi connectivity index (χ1) is 12.2. The Kier molecular flexibility index (Phi) is 4.48. The molecule has 2 atom stereocenters. The number of furan rings is 1. The average molecular weight is 346 g/mol. The van der Waals surface area contributed by atoms with Crippen molar-refractivity contribution in [2.45, 2.75) is 19.4 Å². The molecular weight excluding hydrogens is 323 g/mol. The van der Waals surface area contributed by atoms with Gasteiger partial charge in [-0.1, -0.05) is 25.5 Å². The van der Waals surface area contributed by atoms with Gasteiger partial charge in [0.2, 0.25) is 0 Å². The van der Waals surface area contributed by atoms with Gasteiger partial charge in [0.1, 0.15) is 0 Å². The van der Waals surface area contributed by atoms with Crippen molar-refractivity contribution in [3.63, 3.8) is 0 Å². The van der Waals surface area contributed by atoms with E-state index in [1.807, 2.05) is 4.90 Å². The normalized spacial score (nSPS) is 25.0. The lowest BCUT2D eigenvalue weighted by Gasteiger charge is -2.34. The molecule has 0 aliphatic carbocycles. The summed E-state index contributed by atoms with van der Waals surface area (Å²) in [6.07, 6.45) is 1.03. The fourth-order valence-electron chi connectivity index (χ4n) is 4.03. The molecule has 0 spiro atoms. The van der Waals surface area contributed by atoms with E-state index >= 15 is 0 Å². The van der Waals surface area contributed by atoms with Gasteiger partial charge in [-0.05, 0) is 18.1 Å². The largest absolute Gasteiger partial charge is 0.448 e. The van der Waals surface area contributed by atoms with Crippen molar-refractivity contribution in [3.05, 3.63) is 35.8 Å². The van der Waals surface area contributed by atoms with Crippen LogP contribution in [0.15, 0.2) is 28.7 Å². The zero-order valence-corrected chi connectivity index (χ0v) is 14.4. The molecule has 2 aromatic rings. The molecule has 0 radical (unpaired) electrons. The topological polar surface area (TPSA) is 45.9 Å². The number of fused-ring (bicyclic) bond motifs is 1. The van der Waals surface area contributed by atoms with E-state index < -0.39 is 5.82 Å². The summed E-state index contributed by atoms with van der Waals surface area (Å²) >= 11 is 0. The number of morpholine rings is 1. The van der Waals surface area contributed by atoms with Gasteiger partial charge in [-0.3, -0.25) is 9.69 Å². The minimum atomic E-state index is -0.435. The maximum absolute atomic E-state index is 13.8. The number of halogens is 1. The van der Waals surface area contributed by atoms with Gasteiger partial charge >= 0.3 is 0 Å². The second-order valence-electron chi connectivity index (χ2n) is 6.86. The van der Waals surface area contributed by atoms with Crippen molar-refractivity contribution in [1.29, 1.82) is 0 Å². The quantitative estimate of drug-likeness (QED) is 0.857. The van der Waals surface area contributed by atoms with Gasteiger partial charge in [0, 0.05) is 37.6 Å². The number of hydrogen-bond donors (Lipinski definition) is 0. The van der Waals surface area contributed by atoms with Crippen LogP contribution in [0, 0.1) is 11.7 Å².